The monoisotopic (exact) mass is 234 g/mol. The highest BCUT2D eigenvalue weighted by Crippen LogP contribution is 2.13. The summed E-state index contributed by atoms with van der Waals surface area (Å²) in [5.41, 5.74) is 1.66. The van der Waals surface area contributed by atoms with E-state index in [1.54, 1.807) is 12.3 Å². The van der Waals surface area contributed by atoms with E-state index in [1.165, 1.54) is 20.0 Å². The number of amides is 1. The number of aliphatic carboxylic acids is 1. The SMILES string of the molecule is C/C(C(=O)O)=C(\C)C(=O)Nc1cnccc1C. The quantitative estimate of drug-likeness (QED) is 0.781. The van der Waals surface area contributed by atoms with Crippen molar-refractivity contribution in [2.24, 2.45) is 0 Å². The molecule has 0 spiro atoms. The van der Waals surface area contributed by atoms with Crippen molar-refractivity contribution in [3.8, 4) is 0 Å². The molecule has 0 aliphatic carbocycles. The van der Waals surface area contributed by atoms with Gasteiger partial charge in [-0.25, -0.2) is 4.79 Å². The van der Waals surface area contributed by atoms with Gasteiger partial charge in [-0.1, -0.05) is 0 Å². The van der Waals surface area contributed by atoms with Crippen LogP contribution in [0.5, 0.6) is 0 Å². The Bertz CT molecular complexity index is 492. The molecule has 0 bridgehead atoms. The molecule has 5 nitrogen and oxygen atoms in total. The van der Waals surface area contributed by atoms with Crippen molar-refractivity contribution in [3.63, 3.8) is 0 Å². The van der Waals surface area contributed by atoms with Gasteiger partial charge in [0.15, 0.2) is 0 Å². The van der Waals surface area contributed by atoms with Crippen molar-refractivity contribution in [1.82, 2.24) is 4.98 Å². The highest BCUT2D eigenvalue weighted by Gasteiger charge is 2.13. The third kappa shape index (κ3) is 3.14. The maximum atomic E-state index is 11.8. The normalized spacial score (nSPS) is 11.7. The Kier molecular flexibility index (Phi) is 3.98. The molecule has 1 aromatic heterocycles. The van der Waals surface area contributed by atoms with E-state index in [2.05, 4.69) is 10.3 Å². The van der Waals surface area contributed by atoms with Gasteiger partial charge in [0, 0.05) is 17.3 Å². The zero-order chi connectivity index (χ0) is 13.0. The first kappa shape index (κ1) is 12.9. The van der Waals surface area contributed by atoms with Crippen LogP contribution in [0.4, 0.5) is 5.69 Å². The van der Waals surface area contributed by atoms with E-state index in [0.717, 1.165) is 5.56 Å². The molecule has 0 saturated carbocycles. The molecule has 17 heavy (non-hydrogen) atoms. The Morgan fingerprint density at radius 1 is 1.29 bits per heavy atom. The molecule has 0 atom stereocenters. The van der Waals surface area contributed by atoms with Crippen LogP contribution in [0, 0.1) is 6.92 Å². The van der Waals surface area contributed by atoms with Gasteiger partial charge in [-0.2, -0.15) is 0 Å². The van der Waals surface area contributed by atoms with E-state index < -0.39 is 11.9 Å². The Hall–Kier alpha value is -2.17. The van der Waals surface area contributed by atoms with E-state index >= 15 is 0 Å². The highest BCUT2D eigenvalue weighted by molar-refractivity contribution is 6.08. The summed E-state index contributed by atoms with van der Waals surface area (Å²) in [5.74, 6) is -1.53. The largest absolute Gasteiger partial charge is 0.478 e. The number of aromatic nitrogens is 1. The molecule has 0 radical (unpaired) electrons. The van der Waals surface area contributed by atoms with Gasteiger partial charge in [-0.05, 0) is 32.4 Å². The average Bonchev–Trinajstić information content (AvgIpc) is 2.30. The van der Waals surface area contributed by atoms with Crippen molar-refractivity contribution in [3.05, 3.63) is 35.2 Å². The molecule has 5 heteroatoms. The van der Waals surface area contributed by atoms with Crippen molar-refractivity contribution < 1.29 is 14.7 Å². The number of carboxylic acids is 1. The Morgan fingerprint density at radius 2 is 1.94 bits per heavy atom. The summed E-state index contributed by atoms with van der Waals surface area (Å²) in [6, 6.07) is 1.76. The fourth-order valence-corrected chi connectivity index (χ4v) is 1.14. The van der Waals surface area contributed by atoms with Gasteiger partial charge < -0.3 is 10.4 Å². The summed E-state index contributed by atoms with van der Waals surface area (Å²) in [4.78, 5) is 26.4. The third-order valence-corrected chi connectivity index (χ3v) is 2.51. The number of rotatable bonds is 3. The number of hydrogen-bond donors (Lipinski definition) is 2. The third-order valence-electron chi connectivity index (χ3n) is 2.51. The lowest BCUT2D eigenvalue weighted by Crippen LogP contribution is -2.16. The first-order chi connectivity index (χ1) is 7.93. The van der Waals surface area contributed by atoms with E-state index in [0.29, 0.717) is 5.69 Å². The zero-order valence-electron chi connectivity index (χ0n) is 9.94. The van der Waals surface area contributed by atoms with E-state index in [9.17, 15) is 9.59 Å². The van der Waals surface area contributed by atoms with Crippen LogP contribution in [0.1, 0.15) is 19.4 Å². The lowest BCUT2D eigenvalue weighted by Gasteiger charge is -2.08. The molecule has 0 unspecified atom stereocenters. The Labute approximate surface area is 99.2 Å². The van der Waals surface area contributed by atoms with Crippen molar-refractivity contribution in [1.29, 1.82) is 0 Å². The van der Waals surface area contributed by atoms with Crippen LogP contribution in [0.25, 0.3) is 0 Å². The van der Waals surface area contributed by atoms with Crippen molar-refractivity contribution >= 4 is 17.6 Å². The van der Waals surface area contributed by atoms with Crippen LogP contribution >= 0.6 is 0 Å². The maximum absolute atomic E-state index is 11.8. The van der Waals surface area contributed by atoms with Crippen LogP contribution in [0.15, 0.2) is 29.6 Å². The predicted octanol–water partition coefficient (Wildman–Crippen LogP) is 1.75. The number of aryl methyl sites for hydroxylation is 1. The average molecular weight is 234 g/mol. The van der Waals surface area contributed by atoms with E-state index in [1.807, 2.05) is 6.92 Å². The van der Waals surface area contributed by atoms with Crippen LogP contribution in [0.3, 0.4) is 0 Å². The molecule has 1 rings (SSSR count). The fraction of sp³-hybridized carbons (Fsp3) is 0.250. The van der Waals surface area contributed by atoms with Crippen LogP contribution in [-0.4, -0.2) is 22.0 Å². The minimum absolute atomic E-state index is 0.0315. The molecule has 0 aliphatic rings. The molecule has 2 N–H and O–H groups in total. The molecule has 0 aliphatic heterocycles. The Balaban J connectivity index is 2.91. The highest BCUT2D eigenvalue weighted by atomic mass is 16.4. The molecular formula is C12H14N2O3. The second-order valence-electron chi connectivity index (χ2n) is 3.70. The smallest absolute Gasteiger partial charge is 0.331 e. The molecular weight excluding hydrogens is 220 g/mol. The van der Waals surface area contributed by atoms with Crippen molar-refractivity contribution in [2.45, 2.75) is 20.8 Å². The number of nitrogens with zero attached hydrogens (tertiary/aromatic N) is 1. The van der Waals surface area contributed by atoms with Gasteiger partial charge in [-0.3, -0.25) is 9.78 Å². The fourth-order valence-electron chi connectivity index (χ4n) is 1.14. The second-order valence-corrected chi connectivity index (χ2v) is 3.70. The van der Waals surface area contributed by atoms with Crippen molar-refractivity contribution in [2.75, 3.05) is 5.32 Å². The minimum atomic E-state index is -1.10. The molecule has 0 fully saturated rings. The molecule has 1 heterocycles. The molecule has 0 aromatic carbocycles. The summed E-state index contributed by atoms with van der Waals surface area (Å²) < 4.78 is 0. The van der Waals surface area contributed by atoms with Gasteiger partial charge in [-0.15, -0.1) is 0 Å². The number of hydrogen-bond acceptors (Lipinski definition) is 3. The number of carbonyl (C=O) groups is 2. The summed E-state index contributed by atoms with van der Waals surface area (Å²) in [6.45, 7) is 4.71. The lowest BCUT2D eigenvalue weighted by atomic mass is 10.1. The van der Waals surface area contributed by atoms with Crippen LogP contribution in [0.2, 0.25) is 0 Å². The summed E-state index contributed by atoms with van der Waals surface area (Å²) in [5, 5.41) is 11.4. The summed E-state index contributed by atoms with van der Waals surface area (Å²) in [7, 11) is 0. The first-order valence-electron chi connectivity index (χ1n) is 5.06. The standard InChI is InChI=1S/C12H14N2O3/c1-7-4-5-13-6-10(7)14-11(15)8(2)9(3)12(16)17/h4-6H,1-3H3,(H,14,15)(H,16,17)/b9-8-. The minimum Gasteiger partial charge on any atom is -0.478 e. The number of carboxylic acid groups (broad SMARTS) is 1. The van der Waals surface area contributed by atoms with Crippen LogP contribution < -0.4 is 5.32 Å². The van der Waals surface area contributed by atoms with E-state index in [4.69, 9.17) is 5.11 Å². The molecule has 1 amide bonds. The van der Waals surface area contributed by atoms with Gasteiger partial charge in [0.1, 0.15) is 0 Å². The number of carbonyl (C=O) groups excluding carboxylic acids is 1. The number of pyridine rings is 1. The van der Waals surface area contributed by atoms with Gasteiger partial charge in [0.25, 0.3) is 5.91 Å². The molecule has 0 saturated heterocycles. The van der Waals surface area contributed by atoms with Gasteiger partial charge in [0.05, 0.1) is 11.9 Å². The number of anilines is 1. The summed E-state index contributed by atoms with van der Waals surface area (Å²) in [6.07, 6.45) is 3.15. The van der Waals surface area contributed by atoms with Gasteiger partial charge in [0.2, 0.25) is 0 Å². The zero-order valence-corrected chi connectivity index (χ0v) is 9.94. The van der Waals surface area contributed by atoms with Crippen LogP contribution in [-0.2, 0) is 9.59 Å². The Morgan fingerprint density at radius 3 is 2.47 bits per heavy atom. The first-order valence-corrected chi connectivity index (χ1v) is 5.06. The lowest BCUT2D eigenvalue weighted by molar-refractivity contribution is -0.133. The molecule has 90 valence electrons. The number of nitrogens with one attached hydrogen (secondary N) is 1. The topological polar surface area (TPSA) is 79.3 Å². The maximum Gasteiger partial charge on any atom is 0.331 e. The predicted molar refractivity (Wildman–Crippen MR) is 63.6 cm³/mol. The molecule has 1 aromatic rings. The van der Waals surface area contributed by atoms with E-state index in [-0.39, 0.29) is 11.1 Å². The second kappa shape index (κ2) is 5.25. The van der Waals surface area contributed by atoms with Gasteiger partial charge >= 0.3 is 5.97 Å². The summed E-state index contributed by atoms with van der Waals surface area (Å²) >= 11 is 0.